The van der Waals surface area contributed by atoms with E-state index >= 15 is 0 Å². The Bertz CT molecular complexity index is 742. The van der Waals surface area contributed by atoms with Crippen molar-refractivity contribution in [1.82, 2.24) is 4.90 Å². The predicted molar refractivity (Wildman–Crippen MR) is 91.9 cm³/mol. The van der Waals surface area contributed by atoms with Gasteiger partial charge in [-0.1, -0.05) is 61.9 Å². The van der Waals surface area contributed by atoms with Crippen LogP contribution in [0.25, 0.3) is 0 Å². The van der Waals surface area contributed by atoms with Crippen LogP contribution in [0.3, 0.4) is 0 Å². The van der Waals surface area contributed by atoms with Gasteiger partial charge in [0, 0.05) is 12.1 Å². The summed E-state index contributed by atoms with van der Waals surface area (Å²) in [4.78, 5) is 26.8. The summed E-state index contributed by atoms with van der Waals surface area (Å²) < 4.78 is 0. The molecule has 124 valence electrons. The first-order valence-electron chi connectivity index (χ1n) is 8.32. The minimum absolute atomic E-state index is 0.0783. The van der Waals surface area contributed by atoms with E-state index in [4.69, 9.17) is 0 Å². The lowest BCUT2D eigenvalue weighted by atomic mass is 9.79. The van der Waals surface area contributed by atoms with Crippen molar-refractivity contribution in [2.75, 3.05) is 6.54 Å². The average molecular weight is 323 g/mol. The summed E-state index contributed by atoms with van der Waals surface area (Å²) in [5.41, 5.74) is 1.98. The molecular formula is C20H21NO3. The molecule has 0 spiro atoms. The number of unbranched alkanes of at least 4 members (excludes halogenated alkanes) is 1. The second-order valence-electron chi connectivity index (χ2n) is 6.11. The molecule has 24 heavy (non-hydrogen) atoms. The Morgan fingerprint density at radius 1 is 1.08 bits per heavy atom. The maximum absolute atomic E-state index is 13.0. The number of carboxylic acid groups (broad SMARTS) is 1. The average Bonchev–Trinajstić information content (AvgIpc) is 2.61. The molecule has 1 aliphatic rings. The van der Waals surface area contributed by atoms with Gasteiger partial charge in [0.15, 0.2) is 0 Å². The van der Waals surface area contributed by atoms with Crippen molar-refractivity contribution in [2.45, 2.75) is 31.7 Å². The van der Waals surface area contributed by atoms with Crippen molar-refractivity contribution in [1.29, 1.82) is 0 Å². The van der Waals surface area contributed by atoms with E-state index in [-0.39, 0.29) is 5.91 Å². The highest BCUT2D eigenvalue weighted by atomic mass is 16.4. The van der Waals surface area contributed by atoms with E-state index in [9.17, 15) is 14.7 Å². The van der Waals surface area contributed by atoms with E-state index in [0.29, 0.717) is 17.7 Å². The van der Waals surface area contributed by atoms with Crippen LogP contribution in [0, 0.1) is 0 Å². The van der Waals surface area contributed by atoms with Crippen molar-refractivity contribution in [2.24, 2.45) is 0 Å². The number of nitrogens with zero attached hydrogens (tertiary/aromatic N) is 1. The fraction of sp³-hybridized carbons (Fsp3) is 0.300. The number of hydrogen-bond donors (Lipinski definition) is 1. The summed E-state index contributed by atoms with van der Waals surface area (Å²) in [6.07, 6.45) is 1.80. The monoisotopic (exact) mass is 323 g/mol. The van der Waals surface area contributed by atoms with E-state index in [1.54, 1.807) is 29.2 Å². The van der Waals surface area contributed by atoms with Gasteiger partial charge in [-0.2, -0.15) is 0 Å². The molecule has 0 fully saturated rings. The maximum atomic E-state index is 13.0. The minimum Gasteiger partial charge on any atom is -0.481 e. The van der Waals surface area contributed by atoms with Crippen molar-refractivity contribution < 1.29 is 14.7 Å². The van der Waals surface area contributed by atoms with Gasteiger partial charge < -0.3 is 10.0 Å². The molecule has 4 heteroatoms. The zero-order valence-corrected chi connectivity index (χ0v) is 13.7. The molecule has 3 rings (SSSR count). The van der Waals surface area contributed by atoms with Crippen LogP contribution in [0.15, 0.2) is 54.6 Å². The van der Waals surface area contributed by atoms with E-state index in [1.807, 2.05) is 30.3 Å². The number of carbonyl (C=O) groups excluding carboxylic acids is 1. The molecule has 2 aromatic carbocycles. The second kappa shape index (κ2) is 6.87. The highest BCUT2D eigenvalue weighted by molar-refractivity contribution is 6.00. The number of fused-ring (bicyclic) bond motifs is 1. The minimum atomic E-state index is -0.898. The zero-order valence-electron chi connectivity index (χ0n) is 13.7. The fourth-order valence-corrected chi connectivity index (χ4v) is 3.45. The van der Waals surface area contributed by atoms with Crippen LogP contribution >= 0.6 is 0 Å². The van der Waals surface area contributed by atoms with Gasteiger partial charge in [-0.05, 0) is 23.6 Å². The summed E-state index contributed by atoms with van der Waals surface area (Å²) >= 11 is 0. The van der Waals surface area contributed by atoms with Crippen LogP contribution in [0.5, 0.6) is 0 Å². The smallest absolute Gasteiger partial charge is 0.313 e. The number of carboxylic acids is 1. The molecule has 1 aliphatic heterocycles. The molecule has 0 saturated heterocycles. The maximum Gasteiger partial charge on any atom is 0.313 e. The first-order chi connectivity index (χ1) is 11.6. The first-order valence-corrected chi connectivity index (χ1v) is 8.32. The molecule has 0 saturated carbocycles. The molecule has 0 radical (unpaired) electrons. The number of hydrogen-bond acceptors (Lipinski definition) is 2. The quantitative estimate of drug-likeness (QED) is 0.909. The molecule has 1 amide bonds. The third-order valence-electron chi connectivity index (χ3n) is 4.60. The molecule has 4 nitrogen and oxygen atoms in total. The number of rotatable bonds is 5. The van der Waals surface area contributed by atoms with Crippen molar-refractivity contribution in [3.8, 4) is 0 Å². The Kier molecular flexibility index (Phi) is 4.65. The van der Waals surface area contributed by atoms with Crippen LogP contribution in [-0.4, -0.2) is 28.4 Å². The van der Waals surface area contributed by atoms with Crippen molar-refractivity contribution in [3.63, 3.8) is 0 Å². The van der Waals surface area contributed by atoms with Crippen LogP contribution in [-0.2, 0) is 4.79 Å². The van der Waals surface area contributed by atoms with E-state index in [0.717, 1.165) is 18.4 Å². The van der Waals surface area contributed by atoms with Gasteiger partial charge in [0.25, 0.3) is 5.91 Å². The zero-order chi connectivity index (χ0) is 17.1. The third-order valence-corrected chi connectivity index (χ3v) is 4.60. The first kappa shape index (κ1) is 16.2. The van der Waals surface area contributed by atoms with Crippen molar-refractivity contribution in [3.05, 3.63) is 71.3 Å². The lowest BCUT2D eigenvalue weighted by molar-refractivity contribution is -0.140. The van der Waals surface area contributed by atoms with Gasteiger partial charge >= 0.3 is 5.97 Å². The van der Waals surface area contributed by atoms with Gasteiger partial charge in [0.05, 0.1) is 6.04 Å². The SMILES string of the molecule is CCCCN1C(=O)c2ccccc2[C@@H](C(=O)O)[C@@H]1c1ccccc1. The largest absolute Gasteiger partial charge is 0.481 e. The highest BCUT2D eigenvalue weighted by Gasteiger charge is 2.43. The van der Waals surface area contributed by atoms with Crippen LogP contribution < -0.4 is 0 Å². The van der Waals surface area contributed by atoms with E-state index < -0.39 is 17.9 Å². The number of benzene rings is 2. The van der Waals surface area contributed by atoms with Gasteiger partial charge in [0.2, 0.25) is 0 Å². The summed E-state index contributed by atoms with van der Waals surface area (Å²) in [6, 6.07) is 16.1. The topological polar surface area (TPSA) is 57.6 Å². The van der Waals surface area contributed by atoms with Gasteiger partial charge in [0.1, 0.15) is 5.92 Å². The summed E-state index contributed by atoms with van der Waals surface area (Å²) in [6.45, 7) is 2.63. The van der Waals surface area contributed by atoms with Gasteiger partial charge in [-0.25, -0.2) is 0 Å². The molecule has 1 N–H and O–H groups in total. The highest BCUT2D eigenvalue weighted by Crippen LogP contribution is 2.42. The number of aliphatic carboxylic acids is 1. The standard InChI is InChI=1S/C20H21NO3/c1-2-3-13-21-18(14-9-5-4-6-10-14)17(20(23)24)15-11-7-8-12-16(15)19(21)22/h4-12,17-18H,2-3,13H2,1H3,(H,23,24)/t17-,18+/m1/s1. The molecular weight excluding hydrogens is 302 g/mol. The molecule has 0 aromatic heterocycles. The Labute approximate surface area is 141 Å². The number of amides is 1. The summed E-state index contributed by atoms with van der Waals surface area (Å²) in [5, 5.41) is 9.91. The molecule has 2 atom stereocenters. The molecule has 0 bridgehead atoms. The number of carbonyl (C=O) groups is 2. The summed E-state index contributed by atoms with van der Waals surface area (Å²) in [7, 11) is 0. The normalized spacial score (nSPS) is 19.9. The van der Waals surface area contributed by atoms with E-state index in [1.165, 1.54) is 0 Å². The van der Waals surface area contributed by atoms with Crippen LogP contribution in [0.4, 0.5) is 0 Å². The molecule has 1 heterocycles. The van der Waals surface area contributed by atoms with Gasteiger partial charge in [-0.15, -0.1) is 0 Å². The predicted octanol–water partition coefficient (Wildman–Crippen LogP) is 3.85. The Balaban J connectivity index is 2.16. The Hall–Kier alpha value is -2.62. The Morgan fingerprint density at radius 3 is 2.42 bits per heavy atom. The van der Waals surface area contributed by atoms with Crippen LogP contribution in [0.1, 0.15) is 53.2 Å². The van der Waals surface area contributed by atoms with Gasteiger partial charge in [-0.3, -0.25) is 9.59 Å². The third kappa shape index (κ3) is 2.80. The lowest BCUT2D eigenvalue weighted by Crippen LogP contribution is -2.45. The van der Waals surface area contributed by atoms with Crippen molar-refractivity contribution >= 4 is 11.9 Å². The van der Waals surface area contributed by atoms with E-state index in [2.05, 4.69) is 6.92 Å². The lowest BCUT2D eigenvalue weighted by Gasteiger charge is -2.41. The Morgan fingerprint density at radius 2 is 1.75 bits per heavy atom. The fourth-order valence-electron chi connectivity index (χ4n) is 3.45. The summed E-state index contributed by atoms with van der Waals surface area (Å²) in [5.74, 6) is -1.73. The second-order valence-corrected chi connectivity index (χ2v) is 6.11. The molecule has 0 aliphatic carbocycles. The molecule has 0 unspecified atom stereocenters. The molecule has 2 aromatic rings. The van der Waals surface area contributed by atoms with Crippen LogP contribution in [0.2, 0.25) is 0 Å².